The molecule has 1 heterocycles. The maximum atomic E-state index is 10.3. The van der Waals surface area contributed by atoms with Crippen molar-refractivity contribution in [2.24, 2.45) is 0 Å². The molecule has 0 spiro atoms. The highest BCUT2D eigenvalue weighted by Gasteiger charge is 2.15. The predicted molar refractivity (Wildman–Crippen MR) is 61.2 cm³/mol. The van der Waals surface area contributed by atoms with Crippen LogP contribution in [0, 0.1) is 0 Å². The van der Waals surface area contributed by atoms with Crippen molar-refractivity contribution in [3.63, 3.8) is 0 Å². The van der Waals surface area contributed by atoms with Gasteiger partial charge in [-0.15, -0.1) is 0 Å². The number of carboxylic acids is 1. The van der Waals surface area contributed by atoms with Crippen LogP contribution in [0.5, 0.6) is 5.75 Å². The Labute approximate surface area is 94.4 Å². The molecule has 4 nitrogen and oxygen atoms in total. The van der Waals surface area contributed by atoms with Crippen LogP contribution in [0.2, 0.25) is 0 Å². The number of rotatable bonds is 4. The van der Waals surface area contributed by atoms with Gasteiger partial charge in [0.05, 0.1) is 13.0 Å². The molecule has 1 aromatic rings. The lowest BCUT2D eigenvalue weighted by molar-refractivity contribution is -0.137. The van der Waals surface area contributed by atoms with Crippen molar-refractivity contribution >= 4 is 11.7 Å². The lowest BCUT2D eigenvalue weighted by Gasteiger charge is -2.12. The van der Waals surface area contributed by atoms with E-state index in [0.717, 1.165) is 18.7 Å². The molecule has 86 valence electrons. The van der Waals surface area contributed by atoms with Gasteiger partial charge in [-0.1, -0.05) is 0 Å². The molecule has 0 aromatic heterocycles. The lowest BCUT2D eigenvalue weighted by Crippen LogP contribution is -2.12. The van der Waals surface area contributed by atoms with Crippen molar-refractivity contribution in [3.05, 3.63) is 23.8 Å². The minimum atomic E-state index is -0.833. The molecule has 0 radical (unpaired) electrons. The zero-order valence-corrected chi connectivity index (χ0v) is 9.27. The number of hydrogen-bond donors (Lipinski definition) is 1. The summed E-state index contributed by atoms with van der Waals surface area (Å²) >= 11 is 0. The van der Waals surface area contributed by atoms with E-state index < -0.39 is 5.97 Å². The Bertz CT molecular complexity index is 403. The number of carbonyl (C=O) groups is 1. The Morgan fingerprint density at radius 3 is 3.12 bits per heavy atom. The van der Waals surface area contributed by atoms with Gasteiger partial charge in [0, 0.05) is 19.3 Å². The molecule has 0 saturated heterocycles. The zero-order valence-electron chi connectivity index (χ0n) is 9.27. The number of fused-ring (bicyclic) bond motifs is 1. The van der Waals surface area contributed by atoms with Crippen LogP contribution in [0.25, 0.3) is 0 Å². The van der Waals surface area contributed by atoms with Gasteiger partial charge < -0.3 is 14.7 Å². The van der Waals surface area contributed by atoms with E-state index in [2.05, 4.69) is 11.9 Å². The van der Waals surface area contributed by atoms with Crippen molar-refractivity contribution in [1.82, 2.24) is 0 Å². The lowest BCUT2D eigenvalue weighted by atomic mass is 10.1. The van der Waals surface area contributed by atoms with Crippen LogP contribution in [-0.2, 0) is 11.2 Å². The second-order valence-electron chi connectivity index (χ2n) is 3.95. The van der Waals surface area contributed by atoms with Crippen LogP contribution in [0.15, 0.2) is 18.2 Å². The summed E-state index contributed by atoms with van der Waals surface area (Å²) in [7, 11) is 2.07. The number of benzene rings is 1. The van der Waals surface area contributed by atoms with E-state index in [-0.39, 0.29) is 13.0 Å². The highest BCUT2D eigenvalue weighted by molar-refractivity contribution is 5.66. The minimum Gasteiger partial charge on any atom is -0.493 e. The number of aliphatic carboxylic acids is 1. The third-order valence-electron chi connectivity index (χ3n) is 2.76. The van der Waals surface area contributed by atoms with Crippen LogP contribution < -0.4 is 9.64 Å². The van der Waals surface area contributed by atoms with E-state index in [4.69, 9.17) is 9.84 Å². The highest BCUT2D eigenvalue weighted by Crippen LogP contribution is 2.29. The van der Waals surface area contributed by atoms with Gasteiger partial charge in [0.25, 0.3) is 0 Å². The molecule has 1 aliphatic heterocycles. The second kappa shape index (κ2) is 4.43. The molecule has 4 heteroatoms. The Kier molecular flexibility index (Phi) is 2.99. The first kappa shape index (κ1) is 10.8. The van der Waals surface area contributed by atoms with Gasteiger partial charge in [0.2, 0.25) is 0 Å². The molecule has 1 aromatic carbocycles. The van der Waals surface area contributed by atoms with E-state index in [1.165, 1.54) is 11.3 Å². The molecule has 0 unspecified atom stereocenters. The molecule has 0 saturated carbocycles. The first-order chi connectivity index (χ1) is 7.66. The van der Waals surface area contributed by atoms with Crippen LogP contribution in [-0.4, -0.2) is 31.3 Å². The smallest absolute Gasteiger partial charge is 0.306 e. The number of carboxylic acid groups (broad SMARTS) is 1. The summed E-state index contributed by atoms with van der Waals surface area (Å²) < 4.78 is 5.38. The van der Waals surface area contributed by atoms with Gasteiger partial charge in [-0.3, -0.25) is 4.79 Å². The monoisotopic (exact) mass is 221 g/mol. The van der Waals surface area contributed by atoms with Crippen LogP contribution in [0.3, 0.4) is 0 Å². The molecule has 2 rings (SSSR count). The van der Waals surface area contributed by atoms with Crippen LogP contribution in [0.4, 0.5) is 5.69 Å². The van der Waals surface area contributed by atoms with Gasteiger partial charge in [-0.05, 0) is 30.2 Å². The summed E-state index contributed by atoms with van der Waals surface area (Å²) in [6.07, 6.45) is 1.07. The SMILES string of the molecule is CN1CCc2cc(OCCC(=O)O)ccc21. The van der Waals surface area contributed by atoms with Gasteiger partial charge in [0.1, 0.15) is 5.75 Å². The summed E-state index contributed by atoms with van der Waals surface area (Å²) in [5.74, 6) is -0.0730. The first-order valence-electron chi connectivity index (χ1n) is 5.35. The van der Waals surface area contributed by atoms with Crippen LogP contribution in [0.1, 0.15) is 12.0 Å². The first-order valence-corrected chi connectivity index (χ1v) is 5.35. The van der Waals surface area contributed by atoms with E-state index >= 15 is 0 Å². The fourth-order valence-electron chi connectivity index (χ4n) is 1.89. The zero-order chi connectivity index (χ0) is 11.5. The normalized spacial score (nSPS) is 13.7. The Hall–Kier alpha value is -1.71. The van der Waals surface area contributed by atoms with Crippen LogP contribution >= 0.6 is 0 Å². The molecule has 0 fully saturated rings. The Morgan fingerprint density at radius 1 is 1.56 bits per heavy atom. The third kappa shape index (κ3) is 2.27. The van der Waals surface area contributed by atoms with Gasteiger partial charge >= 0.3 is 5.97 Å². The summed E-state index contributed by atoms with van der Waals surface area (Å²) in [5, 5.41) is 8.49. The fraction of sp³-hybridized carbons (Fsp3) is 0.417. The van der Waals surface area contributed by atoms with E-state index in [0.29, 0.717) is 0 Å². The molecule has 0 bridgehead atoms. The second-order valence-corrected chi connectivity index (χ2v) is 3.95. The number of hydrogen-bond acceptors (Lipinski definition) is 3. The average Bonchev–Trinajstić information content (AvgIpc) is 2.60. The number of nitrogens with zero attached hydrogens (tertiary/aromatic N) is 1. The number of anilines is 1. The maximum absolute atomic E-state index is 10.3. The van der Waals surface area contributed by atoms with E-state index in [1.807, 2.05) is 18.2 Å². The van der Waals surface area contributed by atoms with Crippen molar-refractivity contribution in [1.29, 1.82) is 0 Å². The van der Waals surface area contributed by atoms with Gasteiger partial charge in [0.15, 0.2) is 0 Å². The molecule has 0 atom stereocenters. The van der Waals surface area contributed by atoms with Crippen molar-refractivity contribution in [3.8, 4) is 5.75 Å². The summed E-state index contributed by atoms with van der Waals surface area (Å²) in [6.45, 7) is 1.26. The van der Waals surface area contributed by atoms with Crippen molar-refractivity contribution in [2.45, 2.75) is 12.8 Å². The van der Waals surface area contributed by atoms with E-state index in [1.54, 1.807) is 0 Å². The molecule has 0 amide bonds. The number of ether oxygens (including phenoxy) is 1. The molecule has 0 aliphatic carbocycles. The highest BCUT2D eigenvalue weighted by atomic mass is 16.5. The summed E-state index contributed by atoms with van der Waals surface area (Å²) in [5.41, 5.74) is 2.51. The number of likely N-dealkylation sites (N-methyl/N-ethyl adjacent to an activating group) is 1. The predicted octanol–water partition coefficient (Wildman–Crippen LogP) is 1.53. The molecule has 1 N–H and O–H groups in total. The molecular formula is C12H15NO3. The fourth-order valence-corrected chi connectivity index (χ4v) is 1.89. The quantitative estimate of drug-likeness (QED) is 0.837. The summed E-state index contributed by atoms with van der Waals surface area (Å²) in [6, 6.07) is 5.92. The van der Waals surface area contributed by atoms with Crippen molar-refractivity contribution in [2.75, 3.05) is 25.1 Å². The van der Waals surface area contributed by atoms with E-state index in [9.17, 15) is 4.79 Å². The summed E-state index contributed by atoms with van der Waals surface area (Å²) in [4.78, 5) is 12.5. The Morgan fingerprint density at radius 2 is 2.38 bits per heavy atom. The topological polar surface area (TPSA) is 49.8 Å². The standard InChI is InChI=1S/C12H15NO3/c1-13-6-4-9-8-10(2-3-11(9)13)16-7-5-12(14)15/h2-3,8H,4-7H2,1H3,(H,14,15). The maximum Gasteiger partial charge on any atom is 0.306 e. The third-order valence-corrected chi connectivity index (χ3v) is 2.76. The molecular weight excluding hydrogens is 206 g/mol. The largest absolute Gasteiger partial charge is 0.493 e. The molecule has 16 heavy (non-hydrogen) atoms. The minimum absolute atomic E-state index is 0.0387. The van der Waals surface area contributed by atoms with Gasteiger partial charge in [-0.2, -0.15) is 0 Å². The Balaban J connectivity index is 1.99. The van der Waals surface area contributed by atoms with Crippen molar-refractivity contribution < 1.29 is 14.6 Å². The average molecular weight is 221 g/mol. The molecule has 1 aliphatic rings. The van der Waals surface area contributed by atoms with Gasteiger partial charge in [-0.25, -0.2) is 0 Å².